The van der Waals surface area contributed by atoms with Crippen molar-refractivity contribution in [1.29, 1.82) is 0 Å². The number of halogens is 6. The molecule has 0 aliphatic heterocycles. The lowest BCUT2D eigenvalue weighted by molar-refractivity contribution is -0.123. The summed E-state index contributed by atoms with van der Waals surface area (Å²) < 4.78 is 93.3. The average molecular weight is 656 g/mol. The normalized spacial score (nSPS) is 18.2. The molecule has 7 rings (SSSR count). The summed E-state index contributed by atoms with van der Waals surface area (Å²) in [5, 5.41) is 6.39. The zero-order valence-corrected chi connectivity index (χ0v) is 24.3. The number of carbonyl (C=O) groups excluding carboxylic acids is 1. The number of hydrogen-bond donors (Lipinski definition) is 1. The summed E-state index contributed by atoms with van der Waals surface area (Å²) in [6.45, 7) is -0.891. The van der Waals surface area contributed by atoms with Gasteiger partial charge in [-0.3, -0.25) is 18.8 Å². The average Bonchev–Trinajstić information content (AvgIpc) is 3.69. The molecule has 4 heterocycles. The molecule has 2 aliphatic rings. The van der Waals surface area contributed by atoms with Crippen molar-refractivity contribution in [3.05, 3.63) is 105 Å². The van der Waals surface area contributed by atoms with Gasteiger partial charge in [0, 0.05) is 36.2 Å². The fraction of sp³-hybridized carbons (Fsp3) is 0.290. The van der Waals surface area contributed by atoms with Gasteiger partial charge < -0.3 is 10.1 Å². The van der Waals surface area contributed by atoms with Crippen molar-refractivity contribution in [3.63, 3.8) is 0 Å². The van der Waals surface area contributed by atoms with Crippen LogP contribution in [0.15, 0.2) is 59.7 Å². The standard InChI is InChI=1S/C31H23F6N7O3/c1-47-23-5-4-17(12-39-23)44-29(41-28-18(30(44)46)3-2-6-38-28)21(9-14-7-15(32)10-16(33)8-14)40-22(45)13-43-26-24(25(42-43)27(34)35)19-11-20(19)31(26,36)37/h2-8,10,12,19-21,27H,9,11,13H2,1H3,(H,40,45)/t19-,20+,21-/m0/s1. The predicted octanol–water partition coefficient (Wildman–Crippen LogP) is 4.91. The first kappa shape index (κ1) is 30.4. The molecule has 16 heteroatoms. The number of nitrogens with zero attached hydrogens (tertiary/aromatic N) is 6. The molecule has 5 aromatic rings. The number of carbonyl (C=O) groups is 1. The third-order valence-corrected chi connectivity index (χ3v) is 8.33. The number of nitrogens with one attached hydrogen (secondary N) is 1. The SMILES string of the molecule is COc1ccc(-n2c([C@H](Cc3cc(F)cc(F)c3)NC(=O)Cn3nc(C(F)F)c4c3C(F)(F)[C@@H]3C[C@H]43)nc3ncccc3c2=O)cn1. The molecule has 0 bridgehead atoms. The highest BCUT2D eigenvalue weighted by Gasteiger charge is 2.67. The molecule has 10 nitrogen and oxygen atoms in total. The molecule has 1 aromatic carbocycles. The molecular weight excluding hydrogens is 632 g/mol. The van der Waals surface area contributed by atoms with Gasteiger partial charge in [0.25, 0.3) is 17.9 Å². The third kappa shape index (κ3) is 5.26. The van der Waals surface area contributed by atoms with Crippen LogP contribution in [-0.2, 0) is 23.7 Å². The van der Waals surface area contributed by atoms with Crippen LogP contribution in [0.3, 0.4) is 0 Å². The zero-order valence-electron chi connectivity index (χ0n) is 24.3. The van der Waals surface area contributed by atoms with Gasteiger partial charge in [0.1, 0.15) is 35.4 Å². The molecule has 242 valence electrons. The number of pyridine rings is 2. The zero-order chi connectivity index (χ0) is 33.2. The predicted molar refractivity (Wildman–Crippen MR) is 152 cm³/mol. The van der Waals surface area contributed by atoms with E-state index in [1.165, 1.54) is 43.8 Å². The first-order chi connectivity index (χ1) is 22.5. The van der Waals surface area contributed by atoms with E-state index in [1.54, 1.807) is 0 Å². The number of fused-ring (bicyclic) bond motifs is 4. The lowest BCUT2D eigenvalue weighted by Gasteiger charge is -2.23. The Kier molecular flexibility index (Phi) is 7.24. The first-order valence-electron chi connectivity index (χ1n) is 14.4. The van der Waals surface area contributed by atoms with Crippen LogP contribution in [0.4, 0.5) is 26.3 Å². The van der Waals surface area contributed by atoms with Gasteiger partial charge in [-0.15, -0.1) is 0 Å². The Morgan fingerprint density at radius 1 is 1.13 bits per heavy atom. The Morgan fingerprint density at radius 2 is 1.89 bits per heavy atom. The number of aromatic nitrogens is 6. The Balaban J connectivity index is 1.33. The van der Waals surface area contributed by atoms with Gasteiger partial charge in [0.15, 0.2) is 5.65 Å². The molecule has 1 amide bonds. The quantitative estimate of drug-likeness (QED) is 0.225. The Bertz CT molecular complexity index is 2080. The van der Waals surface area contributed by atoms with Crippen LogP contribution >= 0.6 is 0 Å². The number of ether oxygens (including phenoxy) is 1. The number of benzene rings is 1. The lowest BCUT2D eigenvalue weighted by Crippen LogP contribution is -2.38. The molecule has 4 aromatic heterocycles. The van der Waals surface area contributed by atoms with Gasteiger partial charge in [-0.25, -0.2) is 32.5 Å². The van der Waals surface area contributed by atoms with Crippen LogP contribution in [0, 0.1) is 17.6 Å². The Hall–Kier alpha value is -5.28. The Labute approximate surface area is 261 Å². The van der Waals surface area contributed by atoms with Crippen LogP contribution < -0.4 is 15.6 Å². The summed E-state index contributed by atoms with van der Waals surface area (Å²) in [5.41, 5.74) is -2.18. The molecular formula is C31H23F6N7O3. The van der Waals surface area contributed by atoms with Crippen molar-refractivity contribution < 1.29 is 35.9 Å². The fourth-order valence-electron chi connectivity index (χ4n) is 6.27. The van der Waals surface area contributed by atoms with Crippen molar-refractivity contribution in [2.45, 2.75) is 43.7 Å². The summed E-state index contributed by atoms with van der Waals surface area (Å²) in [6.07, 6.45) is -0.740. The summed E-state index contributed by atoms with van der Waals surface area (Å²) in [6, 6.07) is 7.31. The number of amides is 1. The molecule has 1 N–H and O–H groups in total. The highest BCUT2D eigenvalue weighted by Crippen LogP contribution is 2.68. The van der Waals surface area contributed by atoms with Gasteiger partial charge in [-0.2, -0.15) is 13.9 Å². The van der Waals surface area contributed by atoms with Crippen LogP contribution in [0.25, 0.3) is 16.7 Å². The van der Waals surface area contributed by atoms with E-state index in [2.05, 4.69) is 25.4 Å². The van der Waals surface area contributed by atoms with Crippen LogP contribution in [-0.4, -0.2) is 42.3 Å². The van der Waals surface area contributed by atoms with E-state index in [0.29, 0.717) is 10.7 Å². The van der Waals surface area contributed by atoms with E-state index in [4.69, 9.17) is 4.74 Å². The van der Waals surface area contributed by atoms with Gasteiger partial charge in [0.05, 0.1) is 30.4 Å². The first-order valence-corrected chi connectivity index (χ1v) is 14.4. The maximum absolute atomic E-state index is 15.2. The highest BCUT2D eigenvalue weighted by molar-refractivity contribution is 5.77. The van der Waals surface area contributed by atoms with E-state index in [1.807, 2.05) is 0 Å². The van der Waals surface area contributed by atoms with E-state index in [9.17, 15) is 27.2 Å². The largest absolute Gasteiger partial charge is 0.481 e. The van der Waals surface area contributed by atoms with Crippen molar-refractivity contribution in [3.8, 4) is 11.6 Å². The minimum absolute atomic E-state index is 0.0137. The van der Waals surface area contributed by atoms with E-state index < -0.39 is 71.3 Å². The van der Waals surface area contributed by atoms with Gasteiger partial charge in [0.2, 0.25) is 11.8 Å². The molecule has 0 spiro atoms. The number of methoxy groups -OCH3 is 1. The Morgan fingerprint density at radius 3 is 2.57 bits per heavy atom. The summed E-state index contributed by atoms with van der Waals surface area (Å²) in [4.78, 5) is 40.3. The molecule has 2 aliphatic carbocycles. The molecule has 0 radical (unpaired) electrons. The second-order valence-corrected chi connectivity index (χ2v) is 11.3. The topological polar surface area (TPSA) is 117 Å². The van der Waals surface area contributed by atoms with E-state index in [0.717, 1.165) is 16.7 Å². The lowest BCUT2D eigenvalue weighted by atomic mass is 10.0. The van der Waals surface area contributed by atoms with Crippen molar-refractivity contribution in [2.75, 3.05) is 7.11 Å². The second kappa shape index (κ2) is 11.2. The molecule has 0 unspecified atom stereocenters. The molecule has 47 heavy (non-hydrogen) atoms. The van der Waals surface area contributed by atoms with E-state index >= 15 is 8.78 Å². The van der Waals surface area contributed by atoms with Crippen molar-refractivity contribution in [1.82, 2.24) is 34.6 Å². The smallest absolute Gasteiger partial charge is 0.293 e. The highest BCUT2D eigenvalue weighted by atomic mass is 19.3. The number of alkyl halides is 4. The summed E-state index contributed by atoms with van der Waals surface area (Å²) in [5.74, 6) is -8.08. The fourth-order valence-corrected chi connectivity index (χ4v) is 6.27. The summed E-state index contributed by atoms with van der Waals surface area (Å²) in [7, 11) is 1.39. The van der Waals surface area contributed by atoms with E-state index in [-0.39, 0.29) is 52.4 Å². The minimum Gasteiger partial charge on any atom is -0.481 e. The molecule has 1 saturated carbocycles. The van der Waals surface area contributed by atoms with Gasteiger partial charge in [-0.1, -0.05) is 0 Å². The van der Waals surface area contributed by atoms with Crippen LogP contribution in [0.1, 0.15) is 53.1 Å². The maximum Gasteiger partial charge on any atom is 0.293 e. The van der Waals surface area contributed by atoms with Gasteiger partial charge in [-0.05, 0) is 48.2 Å². The second-order valence-electron chi connectivity index (χ2n) is 11.3. The minimum atomic E-state index is -3.47. The molecule has 1 fully saturated rings. The van der Waals surface area contributed by atoms with Crippen LogP contribution in [0.2, 0.25) is 0 Å². The molecule has 3 atom stereocenters. The number of hydrogen-bond acceptors (Lipinski definition) is 7. The summed E-state index contributed by atoms with van der Waals surface area (Å²) >= 11 is 0. The van der Waals surface area contributed by atoms with Crippen LogP contribution in [0.5, 0.6) is 5.88 Å². The van der Waals surface area contributed by atoms with Crippen molar-refractivity contribution in [2.24, 2.45) is 5.92 Å². The monoisotopic (exact) mass is 655 g/mol. The van der Waals surface area contributed by atoms with Gasteiger partial charge >= 0.3 is 0 Å². The molecule has 0 saturated heterocycles. The van der Waals surface area contributed by atoms with Crippen molar-refractivity contribution >= 4 is 16.9 Å². The maximum atomic E-state index is 15.2. The third-order valence-electron chi connectivity index (χ3n) is 8.33. The number of rotatable bonds is 9.